The minimum atomic E-state index is -1.07. The number of aliphatic hydroxyl groups excluding tert-OH is 2. The first-order valence-corrected chi connectivity index (χ1v) is 13.2. The average molecular weight is 540 g/mol. The normalized spacial score (nSPS) is 14.4. The molecule has 1 aromatic heterocycles. The fourth-order valence-corrected chi connectivity index (χ4v) is 5.40. The summed E-state index contributed by atoms with van der Waals surface area (Å²) in [7, 11) is 0. The Labute approximate surface area is 232 Å². The van der Waals surface area contributed by atoms with Crippen LogP contribution >= 0.6 is 0 Å². The molecule has 2 N–H and O–H groups in total. The molecule has 40 heavy (non-hydrogen) atoms. The Hall–Kier alpha value is -4.27. The predicted molar refractivity (Wildman–Crippen MR) is 148 cm³/mol. The van der Waals surface area contributed by atoms with Gasteiger partial charge in [-0.2, -0.15) is 9.97 Å². The van der Waals surface area contributed by atoms with Crippen LogP contribution < -0.4 is 14.6 Å². The third-order valence-electron chi connectivity index (χ3n) is 7.37. The number of fused-ring (bicyclic) bond motifs is 3. The molecule has 5 rings (SSSR count). The molecule has 8 heteroatoms. The molecule has 0 spiro atoms. The molecule has 1 aliphatic carbocycles. The van der Waals surface area contributed by atoms with Gasteiger partial charge in [0.25, 0.3) is 0 Å². The highest BCUT2D eigenvalue weighted by atomic mass is 16.5. The molecule has 0 radical (unpaired) electrons. The van der Waals surface area contributed by atoms with Crippen molar-refractivity contribution in [1.82, 2.24) is 9.97 Å². The average Bonchev–Trinajstić information content (AvgIpc) is 3.24. The summed E-state index contributed by atoms with van der Waals surface area (Å²) in [4.78, 5) is 20.3. The number of hydrogen-bond donors (Lipinski definition) is 2. The van der Waals surface area contributed by atoms with Gasteiger partial charge in [0.05, 0.1) is 18.0 Å². The first kappa shape index (κ1) is 27.3. The van der Waals surface area contributed by atoms with Gasteiger partial charge in [-0.3, -0.25) is 0 Å². The smallest absolute Gasteiger partial charge is 0.316 e. The van der Waals surface area contributed by atoms with Crippen LogP contribution in [0.3, 0.4) is 0 Å². The summed E-state index contributed by atoms with van der Waals surface area (Å²) in [5, 5.41) is 30.0. The number of aromatic nitrogens is 2. The van der Waals surface area contributed by atoms with Crippen molar-refractivity contribution in [3.8, 4) is 34.0 Å². The van der Waals surface area contributed by atoms with Crippen molar-refractivity contribution in [3.05, 3.63) is 94.3 Å². The molecule has 206 valence electrons. The highest BCUT2D eigenvalue weighted by Gasteiger charge is 2.28. The van der Waals surface area contributed by atoms with E-state index in [0.29, 0.717) is 12.4 Å². The molecule has 4 aromatic rings. The maximum absolute atomic E-state index is 11.4. The number of ether oxygens (including phenoxy) is 2. The maximum Gasteiger partial charge on any atom is 0.316 e. The standard InChI is InChI=1S/C32H32N2O6/c1-18-21(7-6-10-24(18)31-19(2)33-32(34-20(31)3)40-17-22(36)15-35)16-39-23-11-12-27-28(13-23)25-8-4-5-9-26(25)29(27)14-30(37)38/h4-13,22,29,35-36H,14-17H2,1-3H3,(H,37,38)/p-1/t22-,29?/m0/s1. The molecule has 1 unspecified atom stereocenters. The Kier molecular flexibility index (Phi) is 7.82. The molecule has 0 bridgehead atoms. The second-order valence-corrected chi connectivity index (χ2v) is 10.0. The van der Waals surface area contributed by atoms with Crippen LogP contribution in [0.5, 0.6) is 11.8 Å². The number of aliphatic hydroxyl groups is 2. The van der Waals surface area contributed by atoms with Crippen molar-refractivity contribution in [1.29, 1.82) is 0 Å². The van der Waals surface area contributed by atoms with Gasteiger partial charge in [0.1, 0.15) is 25.1 Å². The number of carbonyl (C=O) groups excluding carboxylic acids is 1. The summed E-state index contributed by atoms with van der Waals surface area (Å²) in [6, 6.07) is 19.9. The van der Waals surface area contributed by atoms with Crippen LogP contribution in [-0.4, -0.2) is 45.5 Å². The first-order valence-electron chi connectivity index (χ1n) is 13.2. The van der Waals surface area contributed by atoms with Gasteiger partial charge in [-0.25, -0.2) is 0 Å². The number of hydrogen-bond acceptors (Lipinski definition) is 8. The van der Waals surface area contributed by atoms with Crippen LogP contribution in [0.2, 0.25) is 0 Å². The molecule has 0 fully saturated rings. The summed E-state index contributed by atoms with van der Waals surface area (Å²) >= 11 is 0. The van der Waals surface area contributed by atoms with Crippen molar-refractivity contribution in [2.24, 2.45) is 0 Å². The first-order chi connectivity index (χ1) is 19.3. The van der Waals surface area contributed by atoms with Crippen LogP contribution in [0.15, 0.2) is 60.7 Å². The molecule has 0 aliphatic heterocycles. The van der Waals surface area contributed by atoms with Gasteiger partial charge >= 0.3 is 6.01 Å². The molecule has 1 aliphatic rings. The van der Waals surface area contributed by atoms with E-state index in [2.05, 4.69) is 9.97 Å². The summed E-state index contributed by atoms with van der Waals surface area (Å²) in [5.41, 5.74) is 9.42. The van der Waals surface area contributed by atoms with Gasteiger partial charge in [-0.1, -0.05) is 48.5 Å². The SMILES string of the molecule is Cc1nc(OC[C@@H](O)CO)nc(C)c1-c1cccc(COc2ccc3c(c2)-c2ccccc2C3CC(=O)[O-])c1C. The lowest BCUT2D eigenvalue weighted by Crippen LogP contribution is -2.24. The second kappa shape index (κ2) is 11.5. The zero-order valence-corrected chi connectivity index (χ0v) is 22.7. The minimum Gasteiger partial charge on any atom is -0.550 e. The van der Waals surface area contributed by atoms with E-state index in [-0.39, 0.29) is 25.0 Å². The van der Waals surface area contributed by atoms with E-state index in [1.54, 1.807) is 0 Å². The van der Waals surface area contributed by atoms with Crippen LogP contribution in [0.25, 0.3) is 22.3 Å². The molecule has 1 heterocycles. The van der Waals surface area contributed by atoms with Gasteiger partial charge in [-0.05, 0) is 78.3 Å². The lowest BCUT2D eigenvalue weighted by molar-refractivity contribution is -0.305. The van der Waals surface area contributed by atoms with E-state index in [9.17, 15) is 15.0 Å². The highest BCUT2D eigenvalue weighted by Crippen LogP contribution is 2.47. The Morgan fingerprint density at radius 1 is 0.925 bits per heavy atom. The Morgan fingerprint density at radius 2 is 1.62 bits per heavy atom. The molecule has 0 saturated heterocycles. The van der Waals surface area contributed by atoms with Crippen LogP contribution in [-0.2, 0) is 11.4 Å². The number of rotatable bonds is 10. The van der Waals surface area contributed by atoms with Gasteiger partial charge < -0.3 is 29.6 Å². The Morgan fingerprint density at radius 3 is 2.35 bits per heavy atom. The second-order valence-electron chi connectivity index (χ2n) is 10.0. The summed E-state index contributed by atoms with van der Waals surface area (Å²) in [6.45, 7) is 5.67. The molecule has 0 saturated carbocycles. The van der Waals surface area contributed by atoms with E-state index < -0.39 is 18.7 Å². The number of carboxylic acids is 1. The van der Waals surface area contributed by atoms with Crippen LogP contribution in [0.1, 0.15) is 46.0 Å². The van der Waals surface area contributed by atoms with E-state index >= 15 is 0 Å². The van der Waals surface area contributed by atoms with E-state index in [1.807, 2.05) is 81.4 Å². The summed E-state index contributed by atoms with van der Waals surface area (Å²) in [5.74, 6) is -0.592. The molecule has 8 nitrogen and oxygen atoms in total. The van der Waals surface area contributed by atoms with E-state index in [0.717, 1.165) is 55.9 Å². The molecule has 2 atom stereocenters. The fourth-order valence-electron chi connectivity index (χ4n) is 5.40. The fraction of sp³-hybridized carbons (Fsp3) is 0.281. The van der Waals surface area contributed by atoms with Crippen molar-refractivity contribution < 1.29 is 29.6 Å². The van der Waals surface area contributed by atoms with Crippen molar-refractivity contribution in [2.45, 2.75) is 45.8 Å². The molecule has 0 amide bonds. The van der Waals surface area contributed by atoms with Gasteiger partial charge in [0.15, 0.2) is 0 Å². The molecular weight excluding hydrogens is 508 g/mol. The lowest BCUT2D eigenvalue weighted by Gasteiger charge is -2.17. The number of aryl methyl sites for hydroxylation is 2. The minimum absolute atomic E-state index is 0.0591. The van der Waals surface area contributed by atoms with E-state index in [1.165, 1.54) is 0 Å². The van der Waals surface area contributed by atoms with Crippen molar-refractivity contribution >= 4 is 5.97 Å². The third-order valence-corrected chi connectivity index (χ3v) is 7.37. The van der Waals surface area contributed by atoms with Crippen LogP contribution in [0, 0.1) is 20.8 Å². The van der Waals surface area contributed by atoms with Gasteiger partial charge in [0, 0.05) is 17.5 Å². The number of benzene rings is 3. The van der Waals surface area contributed by atoms with Crippen molar-refractivity contribution in [2.75, 3.05) is 13.2 Å². The summed E-state index contributed by atoms with van der Waals surface area (Å²) in [6.07, 6.45) is -1.05. The Bertz CT molecular complexity index is 1540. The van der Waals surface area contributed by atoms with Crippen LogP contribution in [0.4, 0.5) is 0 Å². The quantitative estimate of drug-likeness (QED) is 0.313. The molecular formula is C32H31N2O6-. The highest BCUT2D eigenvalue weighted by molar-refractivity contribution is 5.82. The number of carbonyl (C=O) groups is 1. The largest absolute Gasteiger partial charge is 0.550 e. The number of nitrogens with zero attached hydrogens (tertiary/aromatic N) is 2. The maximum atomic E-state index is 11.4. The zero-order chi connectivity index (χ0) is 28.4. The van der Waals surface area contributed by atoms with Gasteiger partial charge in [-0.15, -0.1) is 0 Å². The number of aliphatic carboxylic acids is 1. The lowest BCUT2D eigenvalue weighted by atomic mass is 9.94. The number of carboxylic acid groups (broad SMARTS) is 1. The van der Waals surface area contributed by atoms with Gasteiger partial charge in [0.2, 0.25) is 0 Å². The summed E-state index contributed by atoms with van der Waals surface area (Å²) < 4.78 is 11.7. The molecule has 3 aromatic carbocycles. The Balaban J connectivity index is 1.37. The van der Waals surface area contributed by atoms with E-state index in [4.69, 9.17) is 14.6 Å². The van der Waals surface area contributed by atoms with Crippen molar-refractivity contribution in [3.63, 3.8) is 0 Å². The zero-order valence-electron chi connectivity index (χ0n) is 22.7. The predicted octanol–water partition coefficient (Wildman–Crippen LogP) is 3.63. The third kappa shape index (κ3) is 5.41. The monoisotopic (exact) mass is 539 g/mol. The topological polar surface area (TPSA) is 125 Å².